The van der Waals surface area contributed by atoms with E-state index in [1.807, 2.05) is 30.3 Å². The van der Waals surface area contributed by atoms with Crippen LogP contribution in [0.2, 0.25) is 32.7 Å². The zero-order valence-electron chi connectivity index (χ0n) is 14.9. The van der Waals surface area contributed by atoms with E-state index in [9.17, 15) is 5.11 Å². The summed E-state index contributed by atoms with van der Waals surface area (Å²) in [6, 6.07) is 20.8. The third kappa shape index (κ3) is 4.31. The molecule has 0 bridgehead atoms. The summed E-state index contributed by atoms with van der Waals surface area (Å²) < 4.78 is 0. The Bertz CT molecular complexity index is 655. The maximum atomic E-state index is 10.7. The summed E-state index contributed by atoms with van der Waals surface area (Å²) in [7, 11) is -3.31. The maximum Gasteiger partial charge on any atom is 0.103 e. The molecular weight excluding hydrogens is 312 g/mol. The zero-order chi connectivity index (χ0) is 17.1. The van der Waals surface area contributed by atoms with Crippen LogP contribution in [0.5, 0.6) is 0 Å². The van der Waals surface area contributed by atoms with E-state index in [0.29, 0.717) is 0 Å². The van der Waals surface area contributed by atoms with Gasteiger partial charge >= 0.3 is 0 Å². The summed E-state index contributed by atoms with van der Waals surface area (Å²) in [6.07, 6.45) is 1.63. The predicted octanol–water partition coefficient (Wildman–Crippen LogP) is 4.68. The monoisotopic (exact) mass is 340 g/mol. The Morgan fingerprint density at radius 1 is 0.826 bits per heavy atom. The van der Waals surface area contributed by atoms with Gasteiger partial charge in [0.05, 0.1) is 14.2 Å². The average Bonchev–Trinajstić information content (AvgIpc) is 2.53. The summed E-state index contributed by atoms with van der Waals surface area (Å²) in [5, 5.41) is 12.2. The first-order valence-electron chi connectivity index (χ1n) is 8.24. The quantitative estimate of drug-likeness (QED) is 0.784. The van der Waals surface area contributed by atoms with Crippen molar-refractivity contribution in [2.75, 3.05) is 0 Å². The van der Waals surface area contributed by atoms with Gasteiger partial charge in [0.1, 0.15) is 8.07 Å². The predicted molar refractivity (Wildman–Crippen MR) is 106 cm³/mol. The van der Waals surface area contributed by atoms with Crippen molar-refractivity contribution in [1.82, 2.24) is 0 Å². The molecule has 0 aliphatic rings. The molecule has 0 aromatic heterocycles. The molecule has 0 heterocycles. The van der Waals surface area contributed by atoms with Crippen LogP contribution in [-0.2, 0) is 0 Å². The largest absolute Gasteiger partial charge is 0.384 e. The van der Waals surface area contributed by atoms with E-state index in [0.717, 1.165) is 5.56 Å². The Kier molecular flexibility index (Phi) is 5.45. The number of aliphatic hydroxyl groups excluding tert-OH is 1. The van der Waals surface area contributed by atoms with E-state index in [1.54, 1.807) is 0 Å². The molecule has 1 atom stereocenters. The van der Waals surface area contributed by atoms with Gasteiger partial charge < -0.3 is 5.11 Å². The van der Waals surface area contributed by atoms with Gasteiger partial charge in [-0.05, 0) is 5.56 Å². The highest BCUT2D eigenvalue weighted by Gasteiger charge is 2.36. The molecule has 0 aliphatic carbocycles. The first-order valence-corrected chi connectivity index (χ1v) is 14.7. The minimum Gasteiger partial charge on any atom is -0.384 e. The van der Waals surface area contributed by atoms with Crippen LogP contribution >= 0.6 is 0 Å². The lowest BCUT2D eigenvalue weighted by Gasteiger charge is -2.35. The standard InChI is InChI=1S/C20H28OSi2/c1-22(2,3)20(16-19(21)17-12-8-6-9-13-17)23(4,5)18-14-10-7-11-15-18/h6-16,19,21H,1-5H3/b20-16+. The highest BCUT2D eigenvalue weighted by atomic mass is 28.4. The first kappa shape index (κ1) is 17.9. The van der Waals surface area contributed by atoms with Gasteiger partial charge in [0.25, 0.3) is 0 Å². The lowest BCUT2D eigenvalue weighted by molar-refractivity contribution is 0.228. The highest BCUT2D eigenvalue weighted by Crippen LogP contribution is 2.29. The summed E-state index contributed by atoms with van der Waals surface area (Å²) in [4.78, 5) is 1.52. The zero-order valence-corrected chi connectivity index (χ0v) is 16.9. The molecule has 1 nitrogen and oxygen atoms in total. The molecular formula is C20H28OSi2. The fourth-order valence-electron chi connectivity index (χ4n) is 3.31. The lowest BCUT2D eigenvalue weighted by atomic mass is 10.1. The van der Waals surface area contributed by atoms with Crippen molar-refractivity contribution in [2.45, 2.75) is 38.8 Å². The number of hydrogen-bond donors (Lipinski definition) is 1. The fourth-order valence-corrected chi connectivity index (χ4v) is 13.8. The number of aliphatic hydroxyl groups is 1. The van der Waals surface area contributed by atoms with Crippen LogP contribution in [0.3, 0.4) is 0 Å². The molecule has 2 aromatic carbocycles. The van der Waals surface area contributed by atoms with E-state index in [-0.39, 0.29) is 0 Å². The van der Waals surface area contributed by atoms with Crippen molar-refractivity contribution in [3.8, 4) is 0 Å². The van der Waals surface area contributed by atoms with Crippen LogP contribution in [0.15, 0.2) is 71.6 Å². The fraction of sp³-hybridized carbons (Fsp3) is 0.300. The third-order valence-corrected chi connectivity index (χ3v) is 13.6. The number of hydrogen-bond acceptors (Lipinski definition) is 1. The van der Waals surface area contributed by atoms with Gasteiger partial charge in [0.15, 0.2) is 0 Å². The van der Waals surface area contributed by atoms with E-state index in [1.165, 1.54) is 10.0 Å². The Hall–Kier alpha value is -1.43. The third-order valence-electron chi connectivity index (χ3n) is 4.44. The minimum atomic E-state index is -1.78. The van der Waals surface area contributed by atoms with Gasteiger partial charge in [-0.2, -0.15) is 0 Å². The molecule has 1 unspecified atom stereocenters. The van der Waals surface area contributed by atoms with Crippen molar-refractivity contribution < 1.29 is 5.11 Å². The Morgan fingerprint density at radius 3 is 1.78 bits per heavy atom. The van der Waals surface area contributed by atoms with Gasteiger partial charge in [-0.3, -0.25) is 0 Å². The SMILES string of the molecule is C[Si](C)(C)/C(=C\C(O)c1ccccc1)[Si](C)(C)c1ccccc1. The first-order chi connectivity index (χ1) is 10.7. The molecule has 0 saturated heterocycles. The Balaban J connectivity index is 2.48. The Labute approximate surface area is 142 Å². The second-order valence-corrected chi connectivity index (χ2v) is 17.6. The van der Waals surface area contributed by atoms with E-state index in [4.69, 9.17) is 0 Å². The van der Waals surface area contributed by atoms with E-state index >= 15 is 0 Å². The molecule has 2 aromatic rings. The van der Waals surface area contributed by atoms with Gasteiger partial charge in [-0.15, -0.1) is 0 Å². The second-order valence-electron chi connectivity index (χ2n) is 7.68. The summed E-state index contributed by atoms with van der Waals surface area (Å²) >= 11 is 0. The molecule has 3 heteroatoms. The van der Waals surface area contributed by atoms with Gasteiger partial charge in [0.2, 0.25) is 0 Å². The summed E-state index contributed by atoms with van der Waals surface area (Å²) in [6.45, 7) is 12.0. The second kappa shape index (κ2) is 6.99. The molecule has 0 amide bonds. The maximum absolute atomic E-state index is 10.7. The Morgan fingerprint density at radius 2 is 1.30 bits per heavy atom. The average molecular weight is 341 g/mol. The van der Waals surface area contributed by atoms with Gasteiger partial charge in [0, 0.05) is 0 Å². The molecule has 122 valence electrons. The normalized spacial score (nSPS) is 14.6. The minimum absolute atomic E-state index is 0.520. The van der Waals surface area contributed by atoms with Crippen molar-refractivity contribution in [1.29, 1.82) is 0 Å². The van der Waals surface area contributed by atoms with Gasteiger partial charge in [-0.1, -0.05) is 109 Å². The molecule has 0 radical (unpaired) electrons. The van der Waals surface area contributed by atoms with E-state index in [2.05, 4.69) is 69.1 Å². The van der Waals surface area contributed by atoms with Crippen LogP contribution in [0.4, 0.5) is 0 Å². The van der Waals surface area contributed by atoms with Crippen molar-refractivity contribution >= 4 is 21.3 Å². The van der Waals surface area contributed by atoms with Crippen LogP contribution in [-0.4, -0.2) is 21.3 Å². The molecule has 0 fully saturated rings. The topological polar surface area (TPSA) is 20.2 Å². The van der Waals surface area contributed by atoms with Crippen LogP contribution in [0, 0.1) is 0 Å². The molecule has 0 spiro atoms. The van der Waals surface area contributed by atoms with E-state index < -0.39 is 22.3 Å². The van der Waals surface area contributed by atoms with Crippen LogP contribution in [0.25, 0.3) is 0 Å². The van der Waals surface area contributed by atoms with Crippen LogP contribution in [0.1, 0.15) is 11.7 Å². The van der Waals surface area contributed by atoms with Crippen molar-refractivity contribution in [3.05, 3.63) is 77.1 Å². The smallest absolute Gasteiger partial charge is 0.103 e. The van der Waals surface area contributed by atoms with Gasteiger partial charge in [-0.25, -0.2) is 0 Å². The molecule has 23 heavy (non-hydrogen) atoms. The van der Waals surface area contributed by atoms with Crippen molar-refractivity contribution in [2.24, 2.45) is 0 Å². The lowest BCUT2D eigenvalue weighted by Crippen LogP contribution is -2.51. The number of benzene rings is 2. The molecule has 1 N–H and O–H groups in total. The molecule has 0 saturated carbocycles. The molecule has 0 aliphatic heterocycles. The number of rotatable bonds is 5. The van der Waals surface area contributed by atoms with Crippen molar-refractivity contribution in [3.63, 3.8) is 0 Å². The summed E-state index contributed by atoms with van der Waals surface area (Å²) in [5.74, 6) is 0. The molecule has 2 rings (SSSR count). The summed E-state index contributed by atoms with van der Waals surface area (Å²) in [5.41, 5.74) is 0.973. The highest BCUT2D eigenvalue weighted by molar-refractivity contribution is 7.10. The van der Waals surface area contributed by atoms with Crippen LogP contribution < -0.4 is 5.19 Å².